The maximum absolute atomic E-state index is 8.50. The maximum Gasteiger partial charge on any atom is 0.102 e. The molecule has 1 rings (SSSR count). The van der Waals surface area contributed by atoms with Gasteiger partial charge in [-0.05, 0) is 12.8 Å². The second-order valence-electron chi connectivity index (χ2n) is 2.95. The predicted molar refractivity (Wildman–Crippen MR) is 44.4 cm³/mol. The minimum absolute atomic E-state index is 0.316. The summed E-state index contributed by atoms with van der Waals surface area (Å²) in [6.07, 6.45) is 6.93. The minimum Gasteiger partial charge on any atom is -0.396 e. The van der Waals surface area contributed by atoms with Crippen molar-refractivity contribution >= 4 is 0 Å². The van der Waals surface area contributed by atoms with Gasteiger partial charge in [-0.15, -0.1) is 6.58 Å². The fourth-order valence-corrected chi connectivity index (χ4v) is 1.23. The number of aliphatic hydroxyl groups excluding tert-OH is 1. The lowest BCUT2D eigenvalue weighted by molar-refractivity contribution is 0.280. The zero-order chi connectivity index (χ0) is 8.10. The Hall–Kier alpha value is -0.340. The third kappa shape index (κ3) is 3.04. The molecule has 1 aliphatic rings. The van der Waals surface area contributed by atoms with Crippen molar-refractivity contribution in [2.24, 2.45) is 0 Å². The van der Waals surface area contributed by atoms with Gasteiger partial charge in [0.05, 0.1) is 6.10 Å². The SMILES string of the molecule is C=C[C@H]1O[C@@H]1CCCCCO. The molecule has 0 aliphatic carbocycles. The quantitative estimate of drug-likeness (QED) is 0.359. The van der Waals surface area contributed by atoms with Crippen molar-refractivity contribution in [3.63, 3.8) is 0 Å². The molecule has 2 heteroatoms. The van der Waals surface area contributed by atoms with E-state index >= 15 is 0 Å². The van der Waals surface area contributed by atoms with Crippen LogP contribution in [0.15, 0.2) is 12.7 Å². The van der Waals surface area contributed by atoms with Gasteiger partial charge in [0, 0.05) is 6.61 Å². The molecule has 0 aromatic carbocycles. The summed E-state index contributed by atoms with van der Waals surface area (Å²) < 4.78 is 5.27. The van der Waals surface area contributed by atoms with Crippen LogP contribution in [0.25, 0.3) is 0 Å². The largest absolute Gasteiger partial charge is 0.396 e. The topological polar surface area (TPSA) is 32.8 Å². The van der Waals surface area contributed by atoms with E-state index in [1.54, 1.807) is 0 Å². The van der Waals surface area contributed by atoms with E-state index in [-0.39, 0.29) is 0 Å². The fraction of sp³-hybridized carbons (Fsp3) is 0.778. The van der Waals surface area contributed by atoms with E-state index in [1.807, 2.05) is 6.08 Å². The predicted octanol–water partition coefficient (Wildman–Crippen LogP) is 1.49. The van der Waals surface area contributed by atoms with Gasteiger partial charge < -0.3 is 9.84 Å². The number of hydrogen-bond acceptors (Lipinski definition) is 2. The van der Waals surface area contributed by atoms with Gasteiger partial charge in [-0.3, -0.25) is 0 Å². The van der Waals surface area contributed by atoms with Crippen molar-refractivity contribution < 1.29 is 9.84 Å². The first-order valence-corrected chi connectivity index (χ1v) is 4.27. The van der Waals surface area contributed by atoms with Crippen LogP contribution in [0, 0.1) is 0 Å². The second kappa shape index (κ2) is 4.52. The van der Waals surface area contributed by atoms with Crippen molar-refractivity contribution in [3.8, 4) is 0 Å². The standard InChI is InChI=1S/C9H16O2/c1-2-8-9(11-8)6-4-3-5-7-10/h2,8-10H,1,3-7H2/t8-,9-/m1/s1. The third-order valence-electron chi connectivity index (χ3n) is 2.00. The van der Waals surface area contributed by atoms with Crippen LogP contribution in [-0.2, 0) is 4.74 Å². The molecule has 0 amide bonds. The highest BCUT2D eigenvalue weighted by atomic mass is 16.6. The van der Waals surface area contributed by atoms with Gasteiger partial charge in [0.15, 0.2) is 0 Å². The molecule has 2 nitrogen and oxygen atoms in total. The number of ether oxygens (including phenoxy) is 1. The zero-order valence-electron chi connectivity index (χ0n) is 6.83. The Balaban J connectivity index is 1.85. The highest BCUT2D eigenvalue weighted by Crippen LogP contribution is 2.27. The summed E-state index contributed by atoms with van der Waals surface area (Å²) in [4.78, 5) is 0. The monoisotopic (exact) mass is 156 g/mol. The highest BCUT2D eigenvalue weighted by Gasteiger charge is 2.34. The summed E-state index contributed by atoms with van der Waals surface area (Å²) in [5.74, 6) is 0. The molecule has 1 aliphatic heterocycles. The molecular formula is C9H16O2. The average Bonchev–Trinajstić information content (AvgIpc) is 2.77. The van der Waals surface area contributed by atoms with Crippen LogP contribution in [0.2, 0.25) is 0 Å². The van der Waals surface area contributed by atoms with E-state index in [4.69, 9.17) is 9.84 Å². The average molecular weight is 156 g/mol. The third-order valence-corrected chi connectivity index (χ3v) is 2.00. The number of epoxide rings is 1. The highest BCUT2D eigenvalue weighted by molar-refractivity contribution is 4.97. The summed E-state index contributed by atoms with van der Waals surface area (Å²) in [6, 6.07) is 0. The summed E-state index contributed by atoms with van der Waals surface area (Å²) >= 11 is 0. The van der Waals surface area contributed by atoms with E-state index in [0.717, 1.165) is 25.7 Å². The number of unbranched alkanes of at least 4 members (excludes halogenated alkanes) is 2. The number of rotatable bonds is 6. The van der Waals surface area contributed by atoms with E-state index < -0.39 is 0 Å². The molecule has 2 atom stereocenters. The van der Waals surface area contributed by atoms with Gasteiger partial charge in [-0.25, -0.2) is 0 Å². The molecule has 0 aromatic rings. The van der Waals surface area contributed by atoms with Crippen LogP contribution in [-0.4, -0.2) is 23.9 Å². The van der Waals surface area contributed by atoms with Crippen LogP contribution in [0.4, 0.5) is 0 Å². The molecule has 1 heterocycles. The van der Waals surface area contributed by atoms with Crippen LogP contribution < -0.4 is 0 Å². The lowest BCUT2D eigenvalue weighted by atomic mass is 10.1. The van der Waals surface area contributed by atoms with Gasteiger partial charge in [-0.1, -0.05) is 18.9 Å². The van der Waals surface area contributed by atoms with Gasteiger partial charge in [-0.2, -0.15) is 0 Å². The Morgan fingerprint density at radius 2 is 2.18 bits per heavy atom. The Labute approximate surface area is 67.9 Å². The Morgan fingerprint density at radius 3 is 2.73 bits per heavy atom. The summed E-state index contributed by atoms with van der Waals surface area (Å²) in [5, 5.41) is 8.50. The van der Waals surface area contributed by atoms with Crippen molar-refractivity contribution in [1.29, 1.82) is 0 Å². The lowest BCUT2D eigenvalue weighted by Gasteiger charge is -1.94. The van der Waals surface area contributed by atoms with E-state index in [0.29, 0.717) is 18.8 Å². The van der Waals surface area contributed by atoms with Gasteiger partial charge in [0.25, 0.3) is 0 Å². The minimum atomic E-state index is 0.316. The summed E-state index contributed by atoms with van der Waals surface area (Å²) in [5.41, 5.74) is 0. The Morgan fingerprint density at radius 1 is 1.36 bits per heavy atom. The molecule has 1 N–H and O–H groups in total. The molecule has 1 fully saturated rings. The fourth-order valence-electron chi connectivity index (χ4n) is 1.23. The van der Waals surface area contributed by atoms with E-state index in [9.17, 15) is 0 Å². The lowest BCUT2D eigenvalue weighted by Crippen LogP contribution is -1.91. The molecule has 11 heavy (non-hydrogen) atoms. The molecule has 0 bridgehead atoms. The van der Waals surface area contributed by atoms with Crippen molar-refractivity contribution in [2.75, 3.05) is 6.61 Å². The van der Waals surface area contributed by atoms with Crippen molar-refractivity contribution in [3.05, 3.63) is 12.7 Å². The Kier molecular flexibility index (Phi) is 3.60. The summed E-state index contributed by atoms with van der Waals surface area (Å²) in [6.45, 7) is 3.97. The van der Waals surface area contributed by atoms with Crippen LogP contribution in [0.3, 0.4) is 0 Å². The van der Waals surface area contributed by atoms with Crippen molar-refractivity contribution in [1.82, 2.24) is 0 Å². The zero-order valence-corrected chi connectivity index (χ0v) is 6.83. The van der Waals surface area contributed by atoms with Crippen LogP contribution in [0.5, 0.6) is 0 Å². The first kappa shape index (κ1) is 8.75. The molecule has 1 saturated heterocycles. The molecule has 0 radical (unpaired) electrons. The van der Waals surface area contributed by atoms with E-state index in [1.165, 1.54) is 0 Å². The number of aliphatic hydroxyl groups is 1. The molecule has 0 saturated carbocycles. The van der Waals surface area contributed by atoms with E-state index in [2.05, 4.69) is 6.58 Å². The second-order valence-corrected chi connectivity index (χ2v) is 2.95. The first-order chi connectivity index (χ1) is 5.38. The smallest absolute Gasteiger partial charge is 0.102 e. The molecule has 0 unspecified atom stereocenters. The van der Waals surface area contributed by atoms with Gasteiger partial charge in [0.2, 0.25) is 0 Å². The number of hydrogen-bond donors (Lipinski definition) is 1. The molecule has 64 valence electrons. The maximum atomic E-state index is 8.50. The Bertz CT molecular complexity index is 123. The summed E-state index contributed by atoms with van der Waals surface area (Å²) in [7, 11) is 0. The first-order valence-electron chi connectivity index (χ1n) is 4.27. The molecule has 0 spiro atoms. The van der Waals surface area contributed by atoms with Crippen LogP contribution >= 0.6 is 0 Å². The normalized spacial score (nSPS) is 28.5. The van der Waals surface area contributed by atoms with Gasteiger partial charge >= 0.3 is 0 Å². The van der Waals surface area contributed by atoms with Gasteiger partial charge in [0.1, 0.15) is 6.10 Å². The van der Waals surface area contributed by atoms with Crippen LogP contribution in [0.1, 0.15) is 25.7 Å². The molecule has 0 aromatic heterocycles. The molecular weight excluding hydrogens is 140 g/mol. The van der Waals surface area contributed by atoms with Crippen molar-refractivity contribution in [2.45, 2.75) is 37.9 Å².